The first-order chi connectivity index (χ1) is 8.31. The predicted molar refractivity (Wildman–Crippen MR) is 69.7 cm³/mol. The average Bonchev–Trinajstić information content (AvgIpc) is 2.79. The molecule has 1 N–H and O–H groups in total. The van der Waals surface area contributed by atoms with Crippen molar-refractivity contribution in [1.29, 1.82) is 0 Å². The predicted octanol–water partition coefficient (Wildman–Crippen LogP) is 0.266. The Labute approximate surface area is 103 Å². The molecule has 0 unspecified atom stereocenters. The van der Waals surface area contributed by atoms with E-state index in [1.807, 2.05) is 12.5 Å². The molecule has 1 saturated heterocycles. The molecule has 0 aromatic carbocycles. The third-order valence-electron chi connectivity index (χ3n) is 3.21. The monoisotopic (exact) mass is 237 g/mol. The number of piperazine rings is 1. The van der Waals surface area contributed by atoms with Gasteiger partial charge in [-0.1, -0.05) is 6.92 Å². The first kappa shape index (κ1) is 12.4. The lowest BCUT2D eigenvalue weighted by Crippen LogP contribution is -2.50. The van der Waals surface area contributed by atoms with E-state index in [9.17, 15) is 0 Å². The van der Waals surface area contributed by atoms with E-state index in [2.05, 4.69) is 38.9 Å². The zero-order chi connectivity index (χ0) is 12.1. The maximum atomic E-state index is 4.26. The average molecular weight is 237 g/mol. The molecule has 1 aromatic heterocycles. The maximum absolute atomic E-state index is 4.26. The number of imidazole rings is 1. The fourth-order valence-corrected chi connectivity index (χ4v) is 2.10. The molecule has 0 aliphatic carbocycles. The molecule has 1 aliphatic heterocycles. The Balaban J connectivity index is 1.93. The first-order valence-electron chi connectivity index (χ1n) is 6.47. The summed E-state index contributed by atoms with van der Waals surface area (Å²) in [5.74, 6) is 0. The lowest BCUT2D eigenvalue weighted by atomic mass is 10.4. The summed E-state index contributed by atoms with van der Waals surface area (Å²) in [6.07, 6.45) is 5.05. The minimum Gasteiger partial charge on any atom is -0.311 e. The normalized spacial score (nSPS) is 17.6. The van der Waals surface area contributed by atoms with Crippen molar-refractivity contribution in [3.05, 3.63) is 18.2 Å². The topological polar surface area (TPSA) is 36.3 Å². The SMILES string of the molecule is CCCNCc1cncn1N1CCN(C)CC1. The summed E-state index contributed by atoms with van der Waals surface area (Å²) in [4.78, 5) is 6.63. The van der Waals surface area contributed by atoms with Crippen LogP contribution < -0.4 is 10.3 Å². The Morgan fingerprint density at radius 2 is 2.06 bits per heavy atom. The Morgan fingerprint density at radius 3 is 2.76 bits per heavy atom. The van der Waals surface area contributed by atoms with Crippen molar-refractivity contribution in [1.82, 2.24) is 19.9 Å². The van der Waals surface area contributed by atoms with Gasteiger partial charge in [0.2, 0.25) is 0 Å². The number of likely N-dealkylation sites (N-methyl/N-ethyl adjacent to an activating group) is 1. The number of aromatic nitrogens is 2. The maximum Gasteiger partial charge on any atom is 0.114 e. The van der Waals surface area contributed by atoms with Crippen LogP contribution in [0.3, 0.4) is 0 Å². The highest BCUT2D eigenvalue weighted by atomic mass is 15.6. The lowest BCUT2D eigenvalue weighted by molar-refractivity contribution is 0.285. The van der Waals surface area contributed by atoms with Gasteiger partial charge >= 0.3 is 0 Å². The zero-order valence-electron chi connectivity index (χ0n) is 10.9. The van der Waals surface area contributed by atoms with E-state index >= 15 is 0 Å². The molecular weight excluding hydrogens is 214 g/mol. The standard InChI is InChI=1S/C12H23N5/c1-3-4-13-9-12-10-14-11-17(12)16-7-5-15(2)6-8-16/h10-11,13H,3-9H2,1-2H3. The highest BCUT2D eigenvalue weighted by Gasteiger charge is 2.15. The van der Waals surface area contributed by atoms with Crippen molar-refractivity contribution in [2.45, 2.75) is 19.9 Å². The van der Waals surface area contributed by atoms with E-state index in [1.165, 1.54) is 12.1 Å². The zero-order valence-corrected chi connectivity index (χ0v) is 10.9. The van der Waals surface area contributed by atoms with Gasteiger partial charge < -0.3 is 15.2 Å². The van der Waals surface area contributed by atoms with Crippen LogP contribution in [0.5, 0.6) is 0 Å². The largest absolute Gasteiger partial charge is 0.311 e. The summed E-state index contributed by atoms with van der Waals surface area (Å²) in [5, 5.41) is 5.80. The molecule has 5 heteroatoms. The minimum absolute atomic E-state index is 0.903. The molecule has 1 aromatic rings. The van der Waals surface area contributed by atoms with Gasteiger partial charge in [-0.25, -0.2) is 9.66 Å². The van der Waals surface area contributed by atoms with E-state index in [-0.39, 0.29) is 0 Å². The highest BCUT2D eigenvalue weighted by molar-refractivity contribution is 5.05. The molecule has 0 amide bonds. The van der Waals surface area contributed by atoms with Crippen LogP contribution in [0.2, 0.25) is 0 Å². The van der Waals surface area contributed by atoms with Crippen molar-refractivity contribution in [2.24, 2.45) is 0 Å². The van der Waals surface area contributed by atoms with E-state index in [1.54, 1.807) is 0 Å². The van der Waals surface area contributed by atoms with Gasteiger partial charge in [-0.2, -0.15) is 0 Å². The molecule has 2 heterocycles. The number of nitrogens with zero attached hydrogens (tertiary/aromatic N) is 4. The number of rotatable bonds is 5. The van der Waals surface area contributed by atoms with Gasteiger partial charge in [0.1, 0.15) is 6.33 Å². The summed E-state index contributed by atoms with van der Waals surface area (Å²) >= 11 is 0. The number of hydrogen-bond donors (Lipinski definition) is 1. The smallest absolute Gasteiger partial charge is 0.114 e. The summed E-state index contributed by atoms with van der Waals surface area (Å²) in [7, 11) is 2.18. The van der Waals surface area contributed by atoms with E-state index in [0.717, 1.165) is 39.3 Å². The van der Waals surface area contributed by atoms with Crippen molar-refractivity contribution >= 4 is 0 Å². The molecule has 0 bridgehead atoms. The Bertz CT molecular complexity index is 327. The van der Waals surface area contributed by atoms with Gasteiger partial charge in [0.25, 0.3) is 0 Å². The molecule has 5 nitrogen and oxygen atoms in total. The highest BCUT2D eigenvalue weighted by Crippen LogP contribution is 2.04. The second-order valence-electron chi connectivity index (χ2n) is 4.66. The molecule has 0 radical (unpaired) electrons. The summed E-state index contributed by atoms with van der Waals surface area (Å²) in [5.41, 5.74) is 1.25. The van der Waals surface area contributed by atoms with Gasteiger partial charge in [0.15, 0.2) is 0 Å². The van der Waals surface area contributed by atoms with Gasteiger partial charge in [0, 0.05) is 32.7 Å². The minimum atomic E-state index is 0.903. The van der Waals surface area contributed by atoms with Gasteiger partial charge in [0.05, 0.1) is 11.9 Å². The van der Waals surface area contributed by atoms with Crippen LogP contribution in [-0.4, -0.2) is 54.3 Å². The molecule has 0 spiro atoms. The van der Waals surface area contributed by atoms with Crippen molar-refractivity contribution in [2.75, 3.05) is 44.8 Å². The van der Waals surface area contributed by atoms with Crippen LogP contribution in [0, 0.1) is 0 Å². The molecule has 0 saturated carbocycles. The molecule has 17 heavy (non-hydrogen) atoms. The molecule has 96 valence electrons. The molecule has 2 rings (SSSR count). The van der Waals surface area contributed by atoms with Gasteiger partial charge in [-0.3, -0.25) is 0 Å². The third-order valence-corrected chi connectivity index (χ3v) is 3.21. The van der Waals surface area contributed by atoms with E-state index < -0.39 is 0 Å². The fourth-order valence-electron chi connectivity index (χ4n) is 2.10. The van der Waals surface area contributed by atoms with Crippen molar-refractivity contribution in [3.63, 3.8) is 0 Å². The third kappa shape index (κ3) is 3.20. The molecule has 1 aliphatic rings. The Morgan fingerprint density at radius 1 is 1.29 bits per heavy atom. The summed E-state index contributed by atoms with van der Waals surface area (Å²) < 4.78 is 2.20. The van der Waals surface area contributed by atoms with Crippen LogP contribution in [0.15, 0.2) is 12.5 Å². The number of hydrogen-bond acceptors (Lipinski definition) is 4. The van der Waals surface area contributed by atoms with Crippen LogP contribution in [0.25, 0.3) is 0 Å². The molecule has 1 fully saturated rings. The second-order valence-corrected chi connectivity index (χ2v) is 4.66. The van der Waals surface area contributed by atoms with Crippen LogP contribution >= 0.6 is 0 Å². The number of nitrogens with one attached hydrogen (secondary N) is 1. The van der Waals surface area contributed by atoms with Crippen molar-refractivity contribution < 1.29 is 0 Å². The van der Waals surface area contributed by atoms with Gasteiger partial charge in [-0.15, -0.1) is 0 Å². The van der Waals surface area contributed by atoms with Crippen LogP contribution in [0.4, 0.5) is 0 Å². The van der Waals surface area contributed by atoms with E-state index in [0.29, 0.717) is 0 Å². The molecular formula is C12H23N5. The van der Waals surface area contributed by atoms with Crippen LogP contribution in [0.1, 0.15) is 19.0 Å². The quantitative estimate of drug-likeness (QED) is 0.746. The summed E-state index contributed by atoms with van der Waals surface area (Å²) in [6.45, 7) is 8.56. The van der Waals surface area contributed by atoms with E-state index in [4.69, 9.17) is 0 Å². The van der Waals surface area contributed by atoms with Crippen LogP contribution in [-0.2, 0) is 6.54 Å². The lowest BCUT2D eigenvalue weighted by Gasteiger charge is -2.35. The summed E-state index contributed by atoms with van der Waals surface area (Å²) in [6, 6.07) is 0. The second kappa shape index (κ2) is 6.02. The molecule has 0 atom stereocenters. The van der Waals surface area contributed by atoms with Gasteiger partial charge in [-0.05, 0) is 20.0 Å². The first-order valence-corrected chi connectivity index (χ1v) is 6.47. The fraction of sp³-hybridized carbons (Fsp3) is 0.750. The van der Waals surface area contributed by atoms with Crippen molar-refractivity contribution in [3.8, 4) is 0 Å². The Hall–Kier alpha value is -1.07. The Kier molecular flexibility index (Phi) is 4.39.